The van der Waals surface area contributed by atoms with Crippen molar-refractivity contribution in [1.29, 1.82) is 0 Å². The van der Waals surface area contributed by atoms with Crippen LogP contribution in [0.4, 0.5) is 11.4 Å². The van der Waals surface area contributed by atoms with Gasteiger partial charge in [0.25, 0.3) is 5.69 Å². The normalized spacial score (nSPS) is 28.1. The summed E-state index contributed by atoms with van der Waals surface area (Å²) in [6.07, 6.45) is 1.66. The molecule has 1 amide bonds. The lowest BCUT2D eigenvalue weighted by atomic mass is 10.1. The van der Waals surface area contributed by atoms with Crippen molar-refractivity contribution in [1.82, 2.24) is 0 Å². The molecule has 1 aromatic carbocycles. The lowest BCUT2D eigenvalue weighted by molar-refractivity contribution is -0.384. The van der Waals surface area contributed by atoms with Crippen molar-refractivity contribution in [3.8, 4) is 0 Å². The van der Waals surface area contributed by atoms with Gasteiger partial charge in [0.1, 0.15) is 0 Å². The summed E-state index contributed by atoms with van der Waals surface area (Å²) in [5.41, 5.74) is 1.85. The molecule has 0 radical (unpaired) electrons. The van der Waals surface area contributed by atoms with E-state index in [9.17, 15) is 14.9 Å². The number of nitro groups is 1. The molecule has 2 aliphatic rings. The molecule has 5 nitrogen and oxygen atoms in total. The first-order valence-corrected chi connectivity index (χ1v) is 6.59. The molecule has 0 bridgehead atoms. The van der Waals surface area contributed by atoms with Crippen LogP contribution in [0.2, 0.25) is 0 Å². The fraction of sp³-hybridized carbons (Fsp3) is 0.500. The van der Waals surface area contributed by atoms with E-state index in [1.165, 1.54) is 6.07 Å². The molecular formula is C14H16N2O3. The fourth-order valence-electron chi connectivity index (χ4n) is 2.91. The lowest BCUT2D eigenvalue weighted by Crippen LogP contribution is -2.37. The molecule has 0 spiro atoms. The molecule has 1 heterocycles. The third-order valence-corrected chi connectivity index (χ3v) is 4.15. The largest absolute Gasteiger partial charge is 0.309 e. The Morgan fingerprint density at radius 3 is 2.68 bits per heavy atom. The number of nitrogens with zero attached hydrogens (tertiary/aromatic N) is 2. The van der Waals surface area contributed by atoms with Crippen LogP contribution in [-0.2, 0) is 11.2 Å². The topological polar surface area (TPSA) is 63.5 Å². The van der Waals surface area contributed by atoms with Crippen LogP contribution in [0.5, 0.6) is 0 Å². The van der Waals surface area contributed by atoms with Gasteiger partial charge in [-0.2, -0.15) is 0 Å². The van der Waals surface area contributed by atoms with E-state index in [1.54, 1.807) is 12.1 Å². The summed E-state index contributed by atoms with van der Waals surface area (Å²) in [6.45, 7) is 4.08. The lowest BCUT2D eigenvalue weighted by Gasteiger charge is -2.22. The highest BCUT2D eigenvalue weighted by Gasteiger charge is 2.45. The Hall–Kier alpha value is -1.91. The van der Waals surface area contributed by atoms with Gasteiger partial charge in [0.2, 0.25) is 5.91 Å². The first-order valence-electron chi connectivity index (χ1n) is 6.59. The van der Waals surface area contributed by atoms with E-state index in [2.05, 4.69) is 6.92 Å². The minimum absolute atomic E-state index is 0.0947. The Labute approximate surface area is 111 Å². The molecule has 1 saturated carbocycles. The number of rotatable bonds is 2. The predicted molar refractivity (Wildman–Crippen MR) is 71.0 cm³/mol. The fourth-order valence-corrected chi connectivity index (χ4v) is 2.91. The Morgan fingerprint density at radius 2 is 2.11 bits per heavy atom. The van der Waals surface area contributed by atoms with Gasteiger partial charge in [-0.05, 0) is 37.3 Å². The molecule has 0 aromatic heterocycles. The Bertz CT molecular complexity index is 570. The number of non-ortho nitro benzene ring substituents is 1. The van der Waals surface area contributed by atoms with E-state index in [4.69, 9.17) is 0 Å². The van der Waals surface area contributed by atoms with Crippen molar-refractivity contribution < 1.29 is 9.72 Å². The van der Waals surface area contributed by atoms with Crippen LogP contribution < -0.4 is 4.90 Å². The summed E-state index contributed by atoms with van der Waals surface area (Å²) in [6, 6.07) is 4.88. The van der Waals surface area contributed by atoms with Crippen molar-refractivity contribution in [3.63, 3.8) is 0 Å². The van der Waals surface area contributed by atoms with Crippen LogP contribution in [-0.4, -0.2) is 16.9 Å². The van der Waals surface area contributed by atoms with Gasteiger partial charge >= 0.3 is 0 Å². The second kappa shape index (κ2) is 4.05. The summed E-state index contributed by atoms with van der Waals surface area (Å²) in [4.78, 5) is 24.6. The van der Waals surface area contributed by atoms with Crippen LogP contribution >= 0.6 is 0 Å². The van der Waals surface area contributed by atoms with Crippen LogP contribution in [0, 0.1) is 22.0 Å². The number of fused-ring (bicyclic) bond motifs is 1. The average Bonchev–Trinajstić information content (AvgIpc) is 2.99. The van der Waals surface area contributed by atoms with E-state index in [1.807, 2.05) is 11.8 Å². The molecule has 3 unspecified atom stereocenters. The molecule has 3 atom stereocenters. The molecule has 3 rings (SSSR count). The maximum Gasteiger partial charge on any atom is 0.269 e. The zero-order valence-corrected chi connectivity index (χ0v) is 11.0. The number of hydrogen-bond acceptors (Lipinski definition) is 3. The second-order valence-electron chi connectivity index (χ2n) is 5.65. The number of amides is 1. The van der Waals surface area contributed by atoms with Gasteiger partial charge < -0.3 is 4.90 Å². The minimum Gasteiger partial charge on any atom is -0.309 e. The molecule has 1 aliphatic carbocycles. The van der Waals surface area contributed by atoms with Crippen molar-refractivity contribution in [3.05, 3.63) is 33.9 Å². The zero-order chi connectivity index (χ0) is 13.7. The van der Waals surface area contributed by atoms with Crippen molar-refractivity contribution in [2.45, 2.75) is 32.7 Å². The van der Waals surface area contributed by atoms with Crippen LogP contribution in [0.1, 0.15) is 25.8 Å². The molecule has 100 valence electrons. The summed E-state index contributed by atoms with van der Waals surface area (Å²) in [5.74, 6) is 0.790. The molecule has 19 heavy (non-hydrogen) atoms. The summed E-state index contributed by atoms with van der Waals surface area (Å²) in [7, 11) is 0. The third kappa shape index (κ3) is 1.89. The third-order valence-electron chi connectivity index (χ3n) is 4.15. The number of carbonyl (C=O) groups is 1. The van der Waals surface area contributed by atoms with Crippen LogP contribution in [0.25, 0.3) is 0 Å². The first-order chi connectivity index (χ1) is 8.99. The van der Waals surface area contributed by atoms with Gasteiger partial charge in [0.05, 0.1) is 4.92 Å². The number of hydrogen-bond donors (Lipinski definition) is 0. The van der Waals surface area contributed by atoms with Gasteiger partial charge in [-0.15, -0.1) is 0 Å². The van der Waals surface area contributed by atoms with E-state index in [-0.39, 0.29) is 23.6 Å². The van der Waals surface area contributed by atoms with Gasteiger partial charge in [-0.1, -0.05) is 6.92 Å². The Kier molecular flexibility index (Phi) is 2.59. The highest BCUT2D eigenvalue weighted by Crippen LogP contribution is 2.43. The quantitative estimate of drug-likeness (QED) is 0.606. The van der Waals surface area contributed by atoms with Gasteiger partial charge in [-0.25, -0.2) is 0 Å². The SMILES string of the molecule is CC1CC1C(=O)N1c2ccc([N+](=O)[O-])cc2CC1C. The minimum atomic E-state index is -0.390. The van der Waals surface area contributed by atoms with Crippen LogP contribution in [0.15, 0.2) is 18.2 Å². The monoisotopic (exact) mass is 260 g/mol. The summed E-state index contributed by atoms with van der Waals surface area (Å²) >= 11 is 0. The van der Waals surface area contributed by atoms with E-state index >= 15 is 0 Å². The zero-order valence-electron chi connectivity index (χ0n) is 11.0. The van der Waals surface area contributed by atoms with E-state index in [0.717, 1.165) is 17.7 Å². The second-order valence-corrected chi connectivity index (χ2v) is 5.65. The first kappa shape index (κ1) is 12.1. The van der Waals surface area contributed by atoms with Crippen molar-refractivity contribution >= 4 is 17.3 Å². The standard InChI is InChI=1S/C14H16N2O3/c1-8-5-12(8)14(17)15-9(2)6-10-7-11(16(18)19)3-4-13(10)15/h3-4,7-9,12H,5-6H2,1-2H3. The molecule has 0 saturated heterocycles. The number of carbonyl (C=O) groups excluding carboxylic acids is 1. The van der Waals surface area contributed by atoms with Gasteiger partial charge in [-0.3, -0.25) is 14.9 Å². The Morgan fingerprint density at radius 1 is 1.42 bits per heavy atom. The van der Waals surface area contributed by atoms with Crippen molar-refractivity contribution in [2.75, 3.05) is 4.90 Å². The van der Waals surface area contributed by atoms with Gasteiger partial charge in [0, 0.05) is 29.8 Å². The molecule has 1 fully saturated rings. The number of anilines is 1. The molecule has 1 aromatic rings. The molecule has 1 aliphatic heterocycles. The maximum atomic E-state index is 12.4. The highest BCUT2D eigenvalue weighted by molar-refractivity contribution is 5.99. The number of benzene rings is 1. The number of nitro benzene ring substituents is 1. The predicted octanol–water partition coefficient (Wildman–Crippen LogP) is 2.53. The Balaban J connectivity index is 1.94. The maximum absolute atomic E-state index is 12.4. The van der Waals surface area contributed by atoms with Crippen LogP contribution in [0.3, 0.4) is 0 Å². The molecular weight excluding hydrogens is 244 g/mol. The van der Waals surface area contributed by atoms with Gasteiger partial charge in [0.15, 0.2) is 0 Å². The molecule has 0 N–H and O–H groups in total. The molecule has 5 heteroatoms. The summed E-state index contributed by atoms with van der Waals surface area (Å²) < 4.78 is 0. The summed E-state index contributed by atoms with van der Waals surface area (Å²) in [5, 5.41) is 10.8. The average molecular weight is 260 g/mol. The van der Waals surface area contributed by atoms with Crippen molar-refractivity contribution in [2.24, 2.45) is 11.8 Å². The van der Waals surface area contributed by atoms with E-state index in [0.29, 0.717) is 12.3 Å². The smallest absolute Gasteiger partial charge is 0.269 e. The van der Waals surface area contributed by atoms with E-state index < -0.39 is 4.92 Å². The highest BCUT2D eigenvalue weighted by atomic mass is 16.6.